The van der Waals surface area contributed by atoms with Crippen LogP contribution >= 0.6 is 0 Å². The zero-order valence-corrected chi connectivity index (χ0v) is 8.89. The number of rotatable bonds is 1. The third kappa shape index (κ3) is 1.42. The summed E-state index contributed by atoms with van der Waals surface area (Å²) in [5.74, 6) is 1.92. The zero-order valence-electron chi connectivity index (χ0n) is 8.89. The van der Waals surface area contributed by atoms with Gasteiger partial charge < -0.3 is 15.2 Å². The fraction of sp³-hybridized carbons (Fsp3) is 0.800. The fourth-order valence-corrected chi connectivity index (χ4v) is 2.84. The molecule has 5 heteroatoms. The van der Waals surface area contributed by atoms with Gasteiger partial charge >= 0.3 is 6.01 Å². The Morgan fingerprint density at radius 3 is 2.53 bits per heavy atom. The van der Waals surface area contributed by atoms with E-state index in [1.54, 1.807) is 0 Å². The molecule has 1 aliphatic carbocycles. The van der Waals surface area contributed by atoms with E-state index >= 15 is 0 Å². The Bertz CT molecular complexity index is 350. The standard InChI is InChI=1S/C10H16N4O/c1-6-12-10(15-13-6)14-4-7-2-3-8(5-14)9(7)11/h7-9H,2-5,11H2,1H3. The first kappa shape index (κ1) is 9.15. The van der Waals surface area contributed by atoms with Gasteiger partial charge in [-0.05, 0) is 31.6 Å². The number of aromatic nitrogens is 2. The van der Waals surface area contributed by atoms with Crippen molar-refractivity contribution in [1.29, 1.82) is 0 Å². The van der Waals surface area contributed by atoms with Crippen molar-refractivity contribution in [3.05, 3.63) is 5.82 Å². The smallest absolute Gasteiger partial charge is 0.324 e. The second kappa shape index (κ2) is 3.20. The van der Waals surface area contributed by atoms with Gasteiger partial charge in [-0.3, -0.25) is 0 Å². The third-order valence-corrected chi connectivity index (χ3v) is 3.69. The Morgan fingerprint density at radius 2 is 2.00 bits per heavy atom. The molecular formula is C10H16N4O. The summed E-state index contributed by atoms with van der Waals surface area (Å²) in [5, 5.41) is 3.82. The topological polar surface area (TPSA) is 68.2 Å². The Hall–Kier alpha value is -1.10. The third-order valence-electron chi connectivity index (χ3n) is 3.69. The van der Waals surface area contributed by atoms with E-state index in [0.717, 1.165) is 13.1 Å². The van der Waals surface area contributed by atoms with E-state index in [-0.39, 0.29) is 0 Å². The Kier molecular flexibility index (Phi) is 1.95. The van der Waals surface area contributed by atoms with Crippen LogP contribution in [0, 0.1) is 18.8 Å². The van der Waals surface area contributed by atoms with Crippen LogP contribution in [0.1, 0.15) is 18.7 Å². The number of hydrogen-bond donors (Lipinski definition) is 1. The molecule has 0 amide bonds. The minimum Gasteiger partial charge on any atom is -0.327 e. The summed E-state index contributed by atoms with van der Waals surface area (Å²) in [4.78, 5) is 6.45. The van der Waals surface area contributed by atoms with Gasteiger partial charge in [0, 0.05) is 19.1 Å². The number of fused-ring (bicyclic) bond motifs is 2. The maximum Gasteiger partial charge on any atom is 0.324 e. The molecular weight excluding hydrogens is 192 g/mol. The van der Waals surface area contributed by atoms with Gasteiger partial charge in [-0.25, -0.2) is 0 Å². The lowest BCUT2D eigenvalue weighted by molar-refractivity contribution is 0.327. The first-order chi connectivity index (χ1) is 7.24. The minimum absolute atomic E-state index is 0.380. The normalized spacial score (nSPS) is 34.8. The van der Waals surface area contributed by atoms with Crippen molar-refractivity contribution in [2.75, 3.05) is 18.0 Å². The summed E-state index contributed by atoms with van der Waals surface area (Å²) in [6.45, 7) is 3.79. The van der Waals surface area contributed by atoms with Crippen LogP contribution in [0.3, 0.4) is 0 Å². The molecule has 2 fully saturated rings. The number of nitrogens with zero attached hydrogens (tertiary/aromatic N) is 3. The molecule has 2 unspecified atom stereocenters. The zero-order chi connectivity index (χ0) is 10.4. The van der Waals surface area contributed by atoms with E-state index in [1.807, 2.05) is 6.92 Å². The largest absolute Gasteiger partial charge is 0.327 e. The number of nitrogens with two attached hydrogens (primary N) is 1. The maximum atomic E-state index is 6.14. The molecule has 2 bridgehead atoms. The molecule has 2 N–H and O–H groups in total. The lowest BCUT2D eigenvalue weighted by Gasteiger charge is -2.34. The van der Waals surface area contributed by atoms with Crippen molar-refractivity contribution in [2.45, 2.75) is 25.8 Å². The summed E-state index contributed by atoms with van der Waals surface area (Å²) < 4.78 is 5.19. The van der Waals surface area contributed by atoms with Crippen molar-refractivity contribution in [3.8, 4) is 0 Å². The summed E-state index contributed by atoms with van der Waals surface area (Å²) in [7, 11) is 0. The van der Waals surface area contributed by atoms with E-state index < -0.39 is 0 Å². The summed E-state index contributed by atoms with van der Waals surface area (Å²) in [6, 6.07) is 1.04. The van der Waals surface area contributed by atoms with Gasteiger partial charge in [0.1, 0.15) is 0 Å². The average Bonchev–Trinajstić information content (AvgIpc) is 2.70. The Labute approximate surface area is 88.6 Å². The van der Waals surface area contributed by atoms with Gasteiger partial charge in [-0.15, -0.1) is 0 Å². The quantitative estimate of drug-likeness (QED) is 0.730. The van der Waals surface area contributed by atoms with Crippen LogP contribution in [-0.4, -0.2) is 29.3 Å². The van der Waals surface area contributed by atoms with Gasteiger partial charge in [0.05, 0.1) is 0 Å². The second-order valence-corrected chi connectivity index (χ2v) is 4.70. The Balaban J connectivity index is 1.80. The van der Waals surface area contributed by atoms with Crippen LogP contribution in [0.15, 0.2) is 4.52 Å². The first-order valence-electron chi connectivity index (χ1n) is 5.55. The highest BCUT2D eigenvalue weighted by Gasteiger charge is 2.41. The first-order valence-corrected chi connectivity index (χ1v) is 5.55. The molecule has 2 heterocycles. The predicted molar refractivity (Wildman–Crippen MR) is 55.4 cm³/mol. The molecule has 15 heavy (non-hydrogen) atoms. The average molecular weight is 208 g/mol. The summed E-state index contributed by atoms with van der Waals surface area (Å²) in [6.07, 6.45) is 2.49. The summed E-state index contributed by atoms with van der Waals surface area (Å²) >= 11 is 0. The monoisotopic (exact) mass is 208 g/mol. The number of anilines is 1. The van der Waals surface area contributed by atoms with Crippen molar-refractivity contribution in [2.24, 2.45) is 17.6 Å². The van der Waals surface area contributed by atoms with Crippen LogP contribution in [0.25, 0.3) is 0 Å². The van der Waals surface area contributed by atoms with Gasteiger partial charge in [0.15, 0.2) is 5.82 Å². The van der Waals surface area contributed by atoms with Crippen LogP contribution in [0.2, 0.25) is 0 Å². The molecule has 1 saturated carbocycles. The van der Waals surface area contributed by atoms with Crippen molar-refractivity contribution < 1.29 is 4.52 Å². The molecule has 1 aliphatic heterocycles. The van der Waals surface area contributed by atoms with Crippen molar-refractivity contribution in [3.63, 3.8) is 0 Å². The number of hydrogen-bond acceptors (Lipinski definition) is 5. The van der Waals surface area contributed by atoms with E-state index in [4.69, 9.17) is 10.3 Å². The molecule has 0 aromatic carbocycles. The molecule has 0 spiro atoms. The maximum absolute atomic E-state index is 6.14. The summed E-state index contributed by atoms with van der Waals surface area (Å²) in [5.41, 5.74) is 6.14. The predicted octanol–water partition coefficient (Wildman–Crippen LogP) is 0.552. The Morgan fingerprint density at radius 1 is 1.33 bits per heavy atom. The minimum atomic E-state index is 0.380. The van der Waals surface area contributed by atoms with Crippen molar-refractivity contribution in [1.82, 2.24) is 10.1 Å². The van der Waals surface area contributed by atoms with Gasteiger partial charge in [0.2, 0.25) is 0 Å². The highest BCUT2D eigenvalue weighted by atomic mass is 16.5. The highest BCUT2D eigenvalue weighted by Crippen LogP contribution is 2.36. The molecule has 0 radical (unpaired) electrons. The lowest BCUT2D eigenvalue weighted by Crippen LogP contribution is -2.48. The van der Waals surface area contributed by atoms with Crippen LogP contribution in [-0.2, 0) is 0 Å². The van der Waals surface area contributed by atoms with Gasteiger partial charge in [-0.1, -0.05) is 5.16 Å². The molecule has 5 nitrogen and oxygen atoms in total. The van der Waals surface area contributed by atoms with E-state index in [0.29, 0.717) is 29.7 Å². The lowest BCUT2D eigenvalue weighted by atomic mass is 9.93. The molecule has 2 aliphatic rings. The molecule has 2 atom stereocenters. The molecule has 1 saturated heterocycles. The van der Waals surface area contributed by atoms with E-state index in [2.05, 4.69) is 15.0 Å². The number of piperidine rings is 1. The molecule has 1 aromatic rings. The van der Waals surface area contributed by atoms with Gasteiger partial charge in [-0.2, -0.15) is 4.98 Å². The SMILES string of the molecule is Cc1noc(N2CC3CCC(C2)C3N)n1. The van der Waals surface area contributed by atoms with E-state index in [9.17, 15) is 0 Å². The van der Waals surface area contributed by atoms with Crippen LogP contribution < -0.4 is 10.6 Å². The molecule has 1 aromatic heterocycles. The van der Waals surface area contributed by atoms with E-state index in [1.165, 1.54) is 12.8 Å². The fourth-order valence-electron chi connectivity index (χ4n) is 2.84. The van der Waals surface area contributed by atoms with Crippen LogP contribution in [0.4, 0.5) is 6.01 Å². The second-order valence-electron chi connectivity index (χ2n) is 4.70. The van der Waals surface area contributed by atoms with Crippen LogP contribution in [0.5, 0.6) is 0 Å². The van der Waals surface area contributed by atoms with Gasteiger partial charge in [0.25, 0.3) is 0 Å². The molecule has 3 rings (SSSR count). The number of aryl methyl sites for hydroxylation is 1. The highest BCUT2D eigenvalue weighted by molar-refractivity contribution is 5.28. The molecule has 82 valence electrons. The van der Waals surface area contributed by atoms with Crippen molar-refractivity contribution >= 4 is 6.01 Å².